The zero-order chi connectivity index (χ0) is 17.4. The molecule has 24 heavy (non-hydrogen) atoms. The highest BCUT2D eigenvalue weighted by atomic mass is 16.2. The Morgan fingerprint density at radius 1 is 1.38 bits per heavy atom. The van der Waals surface area contributed by atoms with Crippen molar-refractivity contribution in [3.63, 3.8) is 0 Å². The Labute approximate surface area is 141 Å². The first-order chi connectivity index (χ1) is 11.4. The number of carbonyl (C=O) groups is 1. The lowest BCUT2D eigenvalue weighted by Gasteiger charge is -2.34. The highest BCUT2D eigenvalue weighted by Gasteiger charge is 2.23. The van der Waals surface area contributed by atoms with Gasteiger partial charge in [-0.25, -0.2) is 4.98 Å². The fraction of sp³-hybridized carbons (Fsp3) is 0.588. The van der Waals surface area contributed by atoms with Gasteiger partial charge in [-0.1, -0.05) is 0 Å². The molecule has 2 N–H and O–H groups in total. The molecule has 1 aliphatic heterocycles. The minimum Gasteiger partial charge on any atom is -0.337 e. The summed E-state index contributed by atoms with van der Waals surface area (Å²) in [6.45, 7) is 8.40. The maximum absolute atomic E-state index is 12.5. The van der Waals surface area contributed by atoms with Crippen LogP contribution in [0.4, 0.5) is 0 Å². The lowest BCUT2D eigenvalue weighted by Crippen LogP contribution is -2.52. The number of nitrogens with zero attached hydrogens (tertiary/aromatic N) is 3. The number of nitrogens with one attached hydrogen (secondary N) is 2. The van der Waals surface area contributed by atoms with Gasteiger partial charge >= 0.3 is 0 Å². The van der Waals surface area contributed by atoms with Gasteiger partial charge in [0.1, 0.15) is 0 Å². The maximum atomic E-state index is 12.5. The van der Waals surface area contributed by atoms with Gasteiger partial charge in [0.25, 0.3) is 5.56 Å². The SMILES string of the molecule is Cc1nc2[nH]n(C)c(=O)c2c(C)c1CCC(=O)N1CCNC[C@H]1C. The number of carbonyl (C=O) groups excluding carboxylic acids is 1. The summed E-state index contributed by atoms with van der Waals surface area (Å²) >= 11 is 0. The number of fused-ring (bicyclic) bond motifs is 1. The first-order valence-electron chi connectivity index (χ1n) is 8.45. The second-order valence-electron chi connectivity index (χ2n) is 6.64. The van der Waals surface area contributed by atoms with E-state index in [1.807, 2.05) is 18.7 Å². The first kappa shape index (κ1) is 16.7. The fourth-order valence-corrected chi connectivity index (χ4v) is 3.57. The number of hydrogen-bond donors (Lipinski definition) is 2. The molecule has 7 heteroatoms. The van der Waals surface area contributed by atoms with Crippen LogP contribution in [-0.2, 0) is 18.3 Å². The topological polar surface area (TPSA) is 83.0 Å². The molecule has 3 rings (SSSR count). The molecule has 1 aliphatic rings. The molecule has 1 atom stereocenters. The number of hydrogen-bond acceptors (Lipinski definition) is 4. The molecule has 0 aliphatic carbocycles. The van der Waals surface area contributed by atoms with Crippen molar-refractivity contribution < 1.29 is 4.79 Å². The largest absolute Gasteiger partial charge is 0.337 e. The number of pyridine rings is 1. The minimum atomic E-state index is -0.0710. The predicted octanol–water partition coefficient (Wildman–Crippen LogP) is 0.631. The van der Waals surface area contributed by atoms with Gasteiger partial charge in [0.05, 0.1) is 5.39 Å². The Balaban J connectivity index is 1.83. The standard InChI is InChI=1S/C17H25N5O2/c1-10-9-18-7-8-22(10)14(23)6-5-13-11(2)15-16(19-12(13)3)20-21(4)17(15)24/h10,18H,5-9H2,1-4H3,(H,19,20)/t10-/m1/s1. The van der Waals surface area contributed by atoms with Crippen molar-refractivity contribution in [3.8, 4) is 0 Å². The van der Waals surface area contributed by atoms with Crippen molar-refractivity contribution >= 4 is 16.9 Å². The van der Waals surface area contributed by atoms with Gasteiger partial charge in [-0.3, -0.25) is 19.4 Å². The molecule has 0 unspecified atom stereocenters. The Kier molecular flexibility index (Phi) is 4.45. The van der Waals surface area contributed by atoms with Gasteiger partial charge < -0.3 is 10.2 Å². The normalized spacial score (nSPS) is 18.3. The number of H-pyrrole nitrogens is 1. The molecule has 130 valence electrons. The number of amides is 1. The Morgan fingerprint density at radius 2 is 2.12 bits per heavy atom. The molecule has 1 saturated heterocycles. The van der Waals surface area contributed by atoms with E-state index in [-0.39, 0.29) is 17.5 Å². The second kappa shape index (κ2) is 6.39. The number of piperazine rings is 1. The zero-order valence-corrected chi connectivity index (χ0v) is 14.8. The van der Waals surface area contributed by atoms with Crippen molar-refractivity contribution in [2.24, 2.45) is 7.05 Å². The maximum Gasteiger partial charge on any atom is 0.276 e. The van der Waals surface area contributed by atoms with E-state index in [0.717, 1.165) is 36.5 Å². The van der Waals surface area contributed by atoms with Gasteiger partial charge in [0, 0.05) is 44.8 Å². The summed E-state index contributed by atoms with van der Waals surface area (Å²) in [5.74, 6) is 0.171. The van der Waals surface area contributed by atoms with Crippen LogP contribution in [0.3, 0.4) is 0 Å². The van der Waals surface area contributed by atoms with Crippen LogP contribution in [0.1, 0.15) is 30.2 Å². The van der Waals surface area contributed by atoms with Crippen LogP contribution < -0.4 is 10.9 Å². The van der Waals surface area contributed by atoms with E-state index >= 15 is 0 Å². The number of rotatable bonds is 3. The Morgan fingerprint density at radius 3 is 2.83 bits per heavy atom. The van der Waals surface area contributed by atoms with E-state index in [9.17, 15) is 9.59 Å². The van der Waals surface area contributed by atoms with E-state index < -0.39 is 0 Å². The molecule has 1 amide bonds. The third-order valence-corrected chi connectivity index (χ3v) is 4.98. The lowest BCUT2D eigenvalue weighted by molar-refractivity contribution is -0.133. The summed E-state index contributed by atoms with van der Waals surface area (Å²) in [4.78, 5) is 31.3. The third kappa shape index (κ3) is 2.84. The van der Waals surface area contributed by atoms with E-state index in [1.54, 1.807) is 7.05 Å². The van der Waals surface area contributed by atoms with Crippen LogP contribution in [-0.4, -0.2) is 51.2 Å². The van der Waals surface area contributed by atoms with E-state index in [4.69, 9.17) is 0 Å². The molecule has 0 radical (unpaired) electrons. The summed E-state index contributed by atoms with van der Waals surface area (Å²) in [7, 11) is 1.69. The van der Waals surface area contributed by atoms with E-state index in [0.29, 0.717) is 23.9 Å². The molecule has 3 heterocycles. The average Bonchev–Trinajstić information content (AvgIpc) is 2.81. The molecule has 0 aromatic carbocycles. The molecule has 0 spiro atoms. The van der Waals surface area contributed by atoms with Crippen LogP contribution in [0, 0.1) is 13.8 Å². The van der Waals surface area contributed by atoms with Crippen LogP contribution in [0.2, 0.25) is 0 Å². The van der Waals surface area contributed by atoms with Crippen LogP contribution in [0.5, 0.6) is 0 Å². The Hall–Kier alpha value is -2.15. The van der Waals surface area contributed by atoms with Crippen molar-refractivity contribution in [1.82, 2.24) is 25.0 Å². The van der Waals surface area contributed by atoms with Crippen molar-refractivity contribution in [2.45, 2.75) is 39.7 Å². The molecular formula is C17H25N5O2. The molecular weight excluding hydrogens is 306 g/mol. The number of aryl methyl sites for hydroxylation is 3. The van der Waals surface area contributed by atoms with Gasteiger partial charge in [-0.05, 0) is 38.3 Å². The summed E-state index contributed by atoms with van der Waals surface area (Å²) in [6.07, 6.45) is 1.06. The predicted molar refractivity (Wildman–Crippen MR) is 93.2 cm³/mol. The third-order valence-electron chi connectivity index (χ3n) is 4.98. The average molecular weight is 331 g/mol. The number of aromatic amines is 1. The first-order valence-corrected chi connectivity index (χ1v) is 8.45. The zero-order valence-electron chi connectivity index (χ0n) is 14.8. The van der Waals surface area contributed by atoms with Gasteiger partial charge in [-0.15, -0.1) is 0 Å². The second-order valence-corrected chi connectivity index (χ2v) is 6.64. The molecule has 0 bridgehead atoms. The summed E-state index contributed by atoms with van der Waals surface area (Å²) in [6, 6.07) is 0.228. The minimum absolute atomic E-state index is 0.0710. The Bertz CT molecular complexity index is 836. The van der Waals surface area contributed by atoms with E-state index in [2.05, 4.69) is 22.3 Å². The number of aromatic nitrogens is 3. The summed E-state index contributed by atoms with van der Waals surface area (Å²) in [5, 5.41) is 6.89. The monoisotopic (exact) mass is 331 g/mol. The molecule has 2 aromatic heterocycles. The highest BCUT2D eigenvalue weighted by molar-refractivity contribution is 5.81. The fourth-order valence-electron chi connectivity index (χ4n) is 3.57. The summed E-state index contributed by atoms with van der Waals surface area (Å²) < 4.78 is 1.45. The van der Waals surface area contributed by atoms with E-state index in [1.165, 1.54) is 4.68 Å². The quantitative estimate of drug-likeness (QED) is 0.864. The van der Waals surface area contributed by atoms with Crippen LogP contribution >= 0.6 is 0 Å². The molecule has 7 nitrogen and oxygen atoms in total. The van der Waals surface area contributed by atoms with Crippen molar-refractivity contribution in [2.75, 3.05) is 19.6 Å². The molecule has 0 saturated carbocycles. The van der Waals surface area contributed by atoms with Crippen molar-refractivity contribution in [1.29, 1.82) is 0 Å². The van der Waals surface area contributed by atoms with Gasteiger partial charge in [0.15, 0.2) is 5.65 Å². The lowest BCUT2D eigenvalue weighted by atomic mass is 10.00. The van der Waals surface area contributed by atoms with Gasteiger partial charge in [-0.2, -0.15) is 0 Å². The highest BCUT2D eigenvalue weighted by Crippen LogP contribution is 2.21. The van der Waals surface area contributed by atoms with Gasteiger partial charge in [0.2, 0.25) is 5.91 Å². The van der Waals surface area contributed by atoms with Crippen LogP contribution in [0.15, 0.2) is 4.79 Å². The smallest absolute Gasteiger partial charge is 0.276 e. The summed E-state index contributed by atoms with van der Waals surface area (Å²) in [5.41, 5.74) is 3.36. The van der Waals surface area contributed by atoms with Crippen molar-refractivity contribution in [3.05, 3.63) is 27.2 Å². The molecule has 1 fully saturated rings. The van der Waals surface area contributed by atoms with Crippen LogP contribution in [0.25, 0.3) is 11.0 Å². The molecule has 2 aromatic rings.